The van der Waals surface area contributed by atoms with Gasteiger partial charge >= 0.3 is 0 Å². The Kier molecular flexibility index (Phi) is 23.0. The molecule has 0 saturated heterocycles. The van der Waals surface area contributed by atoms with Crippen molar-refractivity contribution in [3.63, 3.8) is 0 Å². The van der Waals surface area contributed by atoms with Gasteiger partial charge in [-0.05, 0) is 0 Å². The van der Waals surface area contributed by atoms with Crippen molar-refractivity contribution in [3.8, 4) is 0 Å². The third-order valence-electron chi connectivity index (χ3n) is 1.64. The molecule has 0 unspecified atom stereocenters. The molecule has 1 aromatic rings. The molecule has 0 aliphatic carbocycles. The molecule has 104 valence electrons. The van der Waals surface area contributed by atoms with Crippen LogP contribution in [0.5, 0.6) is 0 Å². The Labute approximate surface area is 112 Å². The van der Waals surface area contributed by atoms with Crippen LogP contribution < -0.4 is 5.19 Å². The summed E-state index contributed by atoms with van der Waals surface area (Å²) in [5.74, 6) is 0. The topological polar surface area (TPSA) is 0 Å². The Morgan fingerprint density at radius 3 is 1.29 bits per heavy atom. The highest BCUT2D eigenvalue weighted by Gasteiger charge is 2.14. The van der Waals surface area contributed by atoms with E-state index >= 15 is 0 Å². The van der Waals surface area contributed by atoms with Crippen LogP contribution in [0.15, 0.2) is 30.3 Å². The summed E-state index contributed by atoms with van der Waals surface area (Å²) in [5, 5.41) is 1.54. The fraction of sp³-hybridized carbons (Fsp3) is 0.625. The standard InChI is InChI=1S/C9H14Si.C3H8.C2H6.2CH4/c1-10(2,3)9-7-5-4-6-8-9;1-3-2;1-2;;/h4-8H,1-3H3;3H2,1-2H3;1-2H3;2*1H4. The largest absolute Gasteiger partial charge is 0.0776 e. The van der Waals surface area contributed by atoms with Crippen molar-refractivity contribution in [2.24, 2.45) is 0 Å². The Morgan fingerprint density at radius 2 is 1.12 bits per heavy atom. The summed E-state index contributed by atoms with van der Waals surface area (Å²) in [5.41, 5.74) is 0. The zero-order valence-corrected chi connectivity index (χ0v) is 12.6. The molecule has 1 rings (SSSR count). The molecule has 0 bridgehead atoms. The Morgan fingerprint density at radius 1 is 0.824 bits per heavy atom. The van der Waals surface area contributed by atoms with Crippen LogP contribution in [0.25, 0.3) is 0 Å². The Bertz CT molecular complexity index is 209. The third kappa shape index (κ3) is 15.4. The van der Waals surface area contributed by atoms with Crippen LogP contribution >= 0.6 is 0 Å². The minimum Gasteiger partial charge on any atom is -0.0776 e. The van der Waals surface area contributed by atoms with Gasteiger partial charge in [-0.25, -0.2) is 0 Å². The van der Waals surface area contributed by atoms with Crippen molar-refractivity contribution in [1.82, 2.24) is 0 Å². The Balaban J connectivity index is -0.000000106. The number of hydrogen-bond acceptors (Lipinski definition) is 0. The van der Waals surface area contributed by atoms with Crippen molar-refractivity contribution in [3.05, 3.63) is 30.3 Å². The molecule has 0 spiro atoms. The SMILES string of the molecule is C.C.CC.CCC.C[Si](C)(C)c1ccccc1. The first kappa shape index (κ1) is 25.3. The van der Waals surface area contributed by atoms with Gasteiger partial charge in [0.25, 0.3) is 0 Å². The average molecular weight is 257 g/mol. The maximum absolute atomic E-state index is 2.36. The van der Waals surface area contributed by atoms with E-state index < -0.39 is 8.07 Å². The molecule has 1 heteroatoms. The van der Waals surface area contributed by atoms with Gasteiger partial charge in [0.1, 0.15) is 0 Å². The smallest absolute Gasteiger partial charge is 0.0775 e. The lowest BCUT2D eigenvalue weighted by Gasteiger charge is -2.15. The Hall–Kier alpha value is -0.563. The molecule has 0 fully saturated rings. The molecule has 0 amide bonds. The average Bonchev–Trinajstić information content (AvgIpc) is 2.22. The second kappa shape index (κ2) is 15.4. The first-order valence-electron chi connectivity index (χ1n) is 6.07. The maximum Gasteiger partial charge on any atom is 0.0775 e. The fourth-order valence-corrected chi connectivity index (χ4v) is 2.13. The van der Waals surface area contributed by atoms with Crippen LogP contribution in [0.4, 0.5) is 0 Å². The molecule has 0 heterocycles. The van der Waals surface area contributed by atoms with Crippen LogP contribution in [-0.2, 0) is 0 Å². The van der Waals surface area contributed by atoms with Crippen LogP contribution in [0.3, 0.4) is 0 Å². The third-order valence-corrected chi connectivity index (χ3v) is 3.71. The minimum absolute atomic E-state index is 0. The van der Waals surface area contributed by atoms with E-state index in [4.69, 9.17) is 0 Å². The zero-order chi connectivity index (χ0) is 12.3. The molecule has 0 aromatic heterocycles. The molecule has 0 radical (unpaired) electrons. The van der Waals surface area contributed by atoms with E-state index in [0.717, 1.165) is 0 Å². The normalized spacial score (nSPS) is 8.18. The molecule has 0 aliphatic rings. The molecule has 1 aromatic carbocycles. The molecule has 0 aliphatic heterocycles. The van der Waals surface area contributed by atoms with Gasteiger partial charge in [-0.2, -0.15) is 0 Å². The lowest BCUT2D eigenvalue weighted by atomic mass is 10.4. The maximum atomic E-state index is 2.36. The summed E-state index contributed by atoms with van der Waals surface area (Å²) in [6.45, 7) is 15.3. The monoisotopic (exact) mass is 256 g/mol. The van der Waals surface area contributed by atoms with Gasteiger partial charge < -0.3 is 0 Å². The van der Waals surface area contributed by atoms with Gasteiger partial charge in [-0.1, -0.05) is 104 Å². The van der Waals surface area contributed by atoms with E-state index in [0.29, 0.717) is 0 Å². The number of hydrogen-bond donors (Lipinski definition) is 0. The van der Waals surface area contributed by atoms with E-state index in [1.54, 1.807) is 0 Å². The predicted molar refractivity (Wildman–Crippen MR) is 90.2 cm³/mol. The van der Waals surface area contributed by atoms with Gasteiger partial charge in [0.05, 0.1) is 8.07 Å². The molecular formula is C16H36Si. The van der Waals surface area contributed by atoms with E-state index in [9.17, 15) is 0 Å². The van der Waals surface area contributed by atoms with E-state index in [-0.39, 0.29) is 14.9 Å². The summed E-state index contributed by atoms with van der Waals surface area (Å²) in [7, 11) is -1.03. The quantitative estimate of drug-likeness (QED) is 0.545. The van der Waals surface area contributed by atoms with Crippen molar-refractivity contribution < 1.29 is 0 Å². The lowest BCUT2D eigenvalue weighted by Crippen LogP contribution is -2.37. The number of rotatable bonds is 1. The van der Waals surface area contributed by atoms with Gasteiger partial charge in [-0.15, -0.1) is 0 Å². The lowest BCUT2D eigenvalue weighted by molar-refractivity contribution is 1.09. The predicted octanol–water partition coefficient (Wildman–Crippen LogP) is 5.95. The van der Waals surface area contributed by atoms with Crippen LogP contribution in [0.1, 0.15) is 49.0 Å². The van der Waals surface area contributed by atoms with Crippen molar-refractivity contribution in [1.29, 1.82) is 0 Å². The van der Waals surface area contributed by atoms with Gasteiger partial charge in [0.2, 0.25) is 0 Å². The summed E-state index contributed by atoms with van der Waals surface area (Å²) >= 11 is 0. The zero-order valence-electron chi connectivity index (χ0n) is 11.6. The molecule has 0 saturated carbocycles. The second-order valence-corrected chi connectivity index (χ2v) is 9.40. The summed E-state index contributed by atoms with van der Waals surface area (Å²) < 4.78 is 0. The second-order valence-electron chi connectivity index (χ2n) is 4.32. The molecule has 17 heavy (non-hydrogen) atoms. The minimum atomic E-state index is -1.03. The highest BCUT2D eigenvalue weighted by atomic mass is 28.3. The van der Waals surface area contributed by atoms with Crippen LogP contribution in [0, 0.1) is 0 Å². The van der Waals surface area contributed by atoms with Crippen LogP contribution in [0.2, 0.25) is 19.6 Å². The van der Waals surface area contributed by atoms with E-state index in [1.165, 1.54) is 11.6 Å². The van der Waals surface area contributed by atoms with Gasteiger partial charge in [0.15, 0.2) is 0 Å². The molecule has 0 atom stereocenters. The van der Waals surface area contributed by atoms with Gasteiger partial charge in [-0.3, -0.25) is 0 Å². The molecule has 0 N–H and O–H groups in total. The van der Waals surface area contributed by atoms with Crippen molar-refractivity contribution in [2.45, 2.75) is 68.6 Å². The fourth-order valence-electron chi connectivity index (χ4n) is 0.938. The van der Waals surface area contributed by atoms with Crippen LogP contribution in [-0.4, -0.2) is 8.07 Å². The number of benzene rings is 1. The van der Waals surface area contributed by atoms with E-state index in [1.807, 2.05) is 13.8 Å². The summed E-state index contributed by atoms with van der Waals surface area (Å²) in [6.07, 6.45) is 1.25. The first-order chi connectivity index (χ1) is 7.02. The highest BCUT2D eigenvalue weighted by molar-refractivity contribution is 6.88. The summed E-state index contributed by atoms with van der Waals surface area (Å²) in [6, 6.07) is 10.8. The highest BCUT2D eigenvalue weighted by Crippen LogP contribution is 2.00. The summed E-state index contributed by atoms with van der Waals surface area (Å²) in [4.78, 5) is 0. The van der Waals surface area contributed by atoms with E-state index in [2.05, 4.69) is 63.8 Å². The first-order valence-corrected chi connectivity index (χ1v) is 9.57. The van der Waals surface area contributed by atoms with Crippen molar-refractivity contribution in [2.75, 3.05) is 0 Å². The van der Waals surface area contributed by atoms with Crippen molar-refractivity contribution >= 4 is 13.3 Å². The van der Waals surface area contributed by atoms with Gasteiger partial charge in [0, 0.05) is 0 Å². The molecule has 0 nitrogen and oxygen atoms in total. The molecular weight excluding hydrogens is 220 g/mol.